The van der Waals surface area contributed by atoms with Gasteiger partial charge in [-0.2, -0.15) is 0 Å². The summed E-state index contributed by atoms with van der Waals surface area (Å²) in [6.45, 7) is 5.15. The van der Waals surface area contributed by atoms with Crippen molar-refractivity contribution in [2.45, 2.75) is 45.1 Å². The number of ether oxygens (including phenoxy) is 1. The zero-order valence-electron chi connectivity index (χ0n) is 11.8. The van der Waals surface area contributed by atoms with Gasteiger partial charge >= 0.3 is 6.09 Å². The molecule has 19 heavy (non-hydrogen) atoms. The van der Waals surface area contributed by atoms with Gasteiger partial charge in [0.2, 0.25) is 0 Å². The SMILES string of the molecule is CCOC(=O)N1CCN(C2CCCCCC2=O)CC1. The largest absolute Gasteiger partial charge is 0.450 e. The minimum absolute atomic E-state index is 0.0897. The van der Waals surface area contributed by atoms with Crippen molar-refractivity contribution in [1.82, 2.24) is 9.80 Å². The molecule has 2 rings (SSSR count). The van der Waals surface area contributed by atoms with Crippen LogP contribution in [0.15, 0.2) is 0 Å². The van der Waals surface area contributed by atoms with Gasteiger partial charge in [0.25, 0.3) is 0 Å². The van der Waals surface area contributed by atoms with Gasteiger partial charge in [-0.15, -0.1) is 0 Å². The van der Waals surface area contributed by atoms with Crippen LogP contribution in [0.5, 0.6) is 0 Å². The molecule has 1 amide bonds. The van der Waals surface area contributed by atoms with E-state index in [0.717, 1.165) is 38.8 Å². The van der Waals surface area contributed by atoms with Crippen molar-refractivity contribution >= 4 is 11.9 Å². The monoisotopic (exact) mass is 268 g/mol. The molecule has 1 heterocycles. The Hall–Kier alpha value is -1.10. The van der Waals surface area contributed by atoms with Crippen molar-refractivity contribution < 1.29 is 14.3 Å². The van der Waals surface area contributed by atoms with E-state index in [2.05, 4.69) is 4.90 Å². The first kappa shape index (κ1) is 14.3. The molecule has 1 saturated carbocycles. The van der Waals surface area contributed by atoms with Crippen LogP contribution in [0.2, 0.25) is 0 Å². The third-order valence-corrected chi connectivity index (χ3v) is 4.05. The normalized spacial score (nSPS) is 26.1. The van der Waals surface area contributed by atoms with E-state index < -0.39 is 0 Å². The number of hydrogen-bond donors (Lipinski definition) is 0. The number of Topliss-reactive ketones (excluding diaryl/α,β-unsaturated/α-hetero) is 1. The minimum Gasteiger partial charge on any atom is -0.450 e. The van der Waals surface area contributed by atoms with E-state index in [0.29, 0.717) is 25.5 Å². The Morgan fingerprint density at radius 3 is 2.63 bits per heavy atom. The van der Waals surface area contributed by atoms with E-state index in [9.17, 15) is 9.59 Å². The first-order valence-electron chi connectivity index (χ1n) is 7.41. The fraction of sp³-hybridized carbons (Fsp3) is 0.857. The molecule has 0 aromatic carbocycles. The highest BCUT2D eigenvalue weighted by atomic mass is 16.6. The third-order valence-electron chi connectivity index (χ3n) is 4.05. The van der Waals surface area contributed by atoms with Gasteiger partial charge in [-0.25, -0.2) is 4.79 Å². The Balaban J connectivity index is 1.85. The van der Waals surface area contributed by atoms with E-state index >= 15 is 0 Å². The lowest BCUT2D eigenvalue weighted by atomic mass is 10.0. The molecule has 2 aliphatic rings. The van der Waals surface area contributed by atoms with Gasteiger partial charge < -0.3 is 9.64 Å². The second-order valence-corrected chi connectivity index (χ2v) is 5.30. The molecule has 0 N–H and O–H groups in total. The topological polar surface area (TPSA) is 49.9 Å². The molecule has 1 aliphatic carbocycles. The molecule has 1 saturated heterocycles. The maximum atomic E-state index is 12.1. The predicted molar refractivity (Wildman–Crippen MR) is 72.0 cm³/mol. The molecule has 0 spiro atoms. The Morgan fingerprint density at radius 1 is 1.21 bits per heavy atom. The van der Waals surface area contributed by atoms with Crippen molar-refractivity contribution in [1.29, 1.82) is 0 Å². The van der Waals surface area contributed by atoms with Crippen molar-refractivity contribution in [3.63, 3.8) is 0 Å². The summed E-state index contributed by atoms with van der Waals surface area (Å²) in [6, 6.07) is 0.0897. The Kier molecular flexibility index (Phi) is 5.19. The van der Waals surface area contributed by atoms with Crippen LogP contribution in [0.25, 0.3) is 0 Å². The van der Waals surface area contributed by atoms with Gasteiger partial charge in [0.05, 0.1) is 12.6 Å². The number of carbonyl (C=O) groups is 2. The maximum Gasteiger partial charge on any atom is 0.409 e. The van der Waals surface area contributed by atoms with Crippen LogP contribution >= 0.6 is 0 Å². The highest BCUT2D eigenvalue weighted by molar-refractivity contribution is 5.84. The van der Waals surface area contributed by atoms with E-state index in [1.54, 1.807) is 4.90 Å². The minimum atomic E-state index is -0.227. The molecule has 1 aliphatic heterocycles. The number of ketones is 1. The standard InChI is InChI=1S/C14H24N2O3/c1-2-19-14(18)16-10-8-15(9-11-16)12-6-4-3-5-7-13(12)17/h12H,2-11H2,1H3. The summed E-state index contributed by atoms with van der Waals surface area (Å²) in [4.78, 5) is 27.7. The summed E-state index contributed by atoms with van der Waals surface area (Å²) in [5, 5.41) is 0. The number of amides is 1. The van der Waals surface area contributed by atoms with Crippen molar-refractivity contribution in [2.24, 2.45) is 0 Å². The van der Waals surface area contributed by atoms with Crippen LogP contribution in [-0.2, 0) is 9.53 Å². The zero-order valence-corrected chi connectivity index (χ0v) is 11.8. The van der Waals surface area contributed by atoms with E-state index in [4.69, 9.17) is 4.74 Å². The predicted octanol–water partition coefficient (Wildman–Crippen LogP) is 1.66. The quantitative estimate of drug-likeness (QED) is 0.715. The number of carbonyl (C=O) groups excluding carboxylic acids is 2. The van der Waals surface area contributed by atoms with Gasteiger partial charge in [0.15, 0.2) is 0 Å². The van der Waals surface area contributed by atoms with Gasteiger partial charge in [-0.3, -0.25) is 9.69 Å². The molecule has 5 nitrogen and oxygen atoms in total. The lowest BCUT2D eigenvalue weighted by molar-refractivity contribution is -0.124. The highest BCUT2D eigenvalue weighted by Gasteiger charge is 2.30. The van der Waals surface area contributed by atoms with Crippen LogP contribution in [0.4, 0.5) is 4.79 Å². The van der Waals surface area contributed by atoms with Crippen molar-refractivity contribution in [3.05, 3.63) is 0 Å². The number of rotatable bonds is 2. The number of piperazine rings is 1. The molecule has 2 fully saturated rings. The van der Waals surface area contributed by atoms with Crippen LogP contribution in [0.3, 0.4) is 0 Å². The van der Waals surface area contributed by atoms with Crippen molar-refractivity contribution in [2.75, 3.05) is 32.8 Å². The summed E-state index contributed by atoms with van der Waals surface area (Å²) in [5.41, 5.74) is 0. The second kappa shape index (κ2) is 6.89. The van der Waals surface area contributed by atoms with Crippen LogP contribution < -0.4 is 0 Å². The second-order valence-electron chi connectivity index (χ2n) is 5.30. The lowest BCUT2D eigenvalue weighted by Crippen LogP contribution is -2.53. The van der Waals surface area contributed by atoms with Gasteiger partial charge in [0, 0.05) is 32.6 Å². The molecular weight excluding hydrogens is 244 g/mol. The molecule has 0 aromatic rings. The van der Waals surface area contributed by atoms with Crippen LogP contribution in [-0.4, -0.2) is 60.5 Å². The fourth-order valence-corrected chi connectivity index (χ4v) is 2.96. The summed E-state index contributed by atoms with van der Waals surface area (Å²) in [5.74, 6) is 0.391. The Labute approximate surface area is 114 Å². The molecule has 0 aromatic heterocycles. The van der Waals surface area contributed by atoms with Gasteiger partial charge in [-0.1, -0.05) is 12.8 Å². The summed E-state index contributed by atoms with van der Waals surface area (Å²) in [6.07, 6.45) is 4.84. The third kappa shape index (κ3) is 3.69. The highest BCUT2D eigenvalue weighted by Crippen LogP contribution is 2.20. The molecule has 108 valence electrons. The first-order chi connectivity index (χ1) is 9.22. The summed E-state index contributed by atoms with van der Waals surface area (Å²) in [7, 11) is 0. The zero-order chi connectivity index (χ0) is 13.7. The molecule has 1 atom stereocenters. The molecule has 5 heteroatoms. The maximum absolute atomic E-state index is 12.1. The molecule has 0 bridgehead atoms. The average molecular weight is 268 g/mol. The first-order valence-corrected chi connectivity index (χ1v) is 7.41. The van der Waals surface area contributed by atoms with Gasteiger partial charge in [0.1, 0.15) is 5.78 Å². The Bertz CT molecular complexity index is 325. The smallest absolute Gasteiger partial charge is 0.409 e. The van der Waals surface area contributed by atoms with Crippen LogP contribution in [0, 0.1) is 0 Å². The van der Waals surface area contributed by atoms with E-state index in [-0.39, 0.29) is 12.1 Å². The van der Waals surface area contributed by atoms with Crippen LogP contribution in [0.1, 0.15) is 39.0 Å². The number of nitrogens with zero attached hydrogens (tertiary/aromatic N) is 2. The van der Waals surface area contributed by atoms with E-state index in [1.165, 1.54) is 6.42 Å². The van der Waals surface area contributed by atoms with Gasteiger partial charge in [-0.05, 0) is 19.8 Å². The molecule has 0 radical (unpaired) electrons. The Morgan fingerprint density at radius 2 is 1.95 bits per heavy atom. The molecule has 1 unspecified atom stereocenters. The lowest BCUT2D eigenvalue weighted by Gasteiger charge is -2.37. The summed E-state index contributed by atoms with van der Waals surface area (Å²) >= 11 is 0. The molecular formula is C14H24N2O3. The van der Waals surface area contributed by atoms with Crippen molar-refractivity contribution in [3.8, 4) is 0 Å². The average Bonchev–Trinajstić information content (AvgIpc) is 2.64. The fourth-order valence-electron chi connectivity index (χ4n) is 2.96. The number of hydrogen-bond acceptors (Lipinski definition) is 4. The summed E-state index contributed by atoms with van der Waals surface area (Å²) < 4.78 is 5.00. The van der Waals surface area contributed by atoms with E-state index in [1.807, 2.05) is 6.92 Å².